The lowest BCUT2D eigenvalue weighted by Crippen LogP contribution is -2.46. The number of aromatic nitrogens is 4. The lowest BCUT2D eigenvalue weighted by molar-refractivity contribution is 0.249. The maximum Gasteiger partial charge on any atom is 0.155 e. The molecule has 0 bridgehead atoms. The number of rotatable bonds is 5. The minimum Gasteiger partial charge on any atom is -0.352 e. The third-order valence-electron chi connectivity index (χ3n) is 5.45. The molecule has 3 heterocycles. The first kappa shape index (κ1) is 17.3. The third-order valence-corrected chi connectivity index (χ3v) is 5.45. The molecule has 0 unspecified atom stereocenters. The topological polar surface area (TPSA) is 50.1 Å². The van der Waals surface area contributed by atoms with Crippen LogP contribution in [0.2, 0.25) is 0 Å². The van der Waals surface area contributed by atoms with E-state index in [0.717, 1.165) is 49.8 Å². The van der Waals surface area contributed by atoms with Crippen molar-refractivity contribution in [2.75, 3.05) is 31.1 Å². The van der Waals surface area contributed by atoms with Crippen LogP contribution >= 0.6 is 0 Å². The molecular weight excluding hydrogens is 355 g/mol. The van der Waals surface area contributed by atoms with E-state index >= 15 is 0 Å². The Balaban J connectivity index is 1.26. The number of hydrogen-bond donors (Lipinski definition) is 0. The molecule has 0 atom stereocenters. The molecule has 2 aliphatic rings. The van der Waals surface area contributed by atoms with Crippen LogP contribution in [-0.4, -0.2) is 50.8 Å². The Bertz CT molecular complexity index is 942. The van der Waals surface area contributed by atoms with Crippen molar-refractivity contribution in [3.63, 3.8) is 0 Å². The number of piperazine rings is 1. The van der Waals surface area contributed by atoms with E-state index in [1.807, 2.05) is 6.20 Å². The van der Waals surface area contributed by atoms with Crippen molar-refractivity contribution in [3.8, 4) is 11.3 Å². The molecule has 1 saturated carbocycles. The Kier molecular flexibility index (Phi) is 4.52. The van der Waals surface area contributed by atoms with Crippen molar-refractivity contribution in [3.05, 3.63) is 60.4 Å². The zero-order valence-electron chi connectivity index (χ0n) is 15.7. The predicted octanol–water partition coefficient (Wildman–Crippen LogP) is 3.14. The summed E-state index contributed by atoms with van der Waals surface area (Å²) in [4.78, 5) is 13.8. The number of benzene rings is 1. The second-order valence-corrected chi connectivity index (χ2v) is 7.56. The molecule has 0 spiro atoms. The number of hydrogen-bond acceptors (Lipinski definition) is 5. The van der Waals surface area contributed by atoms with Gasteiger partial charge in [0.15, 0.2) is 5.82 Å². The Hall–Kier alpha value is -2.80. The maximum absolute atomic E-state index is 13.3. The molecular formula is C21H23FN6. The van der Waals surface area contributed by atoms with Gasteiger partial charge < -0.3 is 4.90 Å². The highest BCUT2D eigenvalue weighted by atomic mass is 19.1. The summed E-state index contributed by atoms with van der Waals surface area (Å²) in [7, 11) is 0. The minimum absolute atomic E-state index is 0.243. The van der Waals surface area contributed by atoms with Gasteiger partial charge in [0, 0.05) is 62.4 Å². The number of anilines is 1. The van der Waals surface area contributed by atoms with Gasteiger partial charge in [-0.2, -0.15) is 5.10 Å². The molecule has 0 radical (unpaired) electrons. The normalized spacial score (nSPS) is 17.8. The largest absolute Gasteiger partial charge is 0.352 e. The summed E-state index contributed by atoms with van der Waals surface area (Å²) < 4.78 is 15.4. The van der Waals surface area contributed by atoms with Gasteiger partial charge in [-0.05, 0) is 37.1 Å². The first-order valence-corrected chi connectivity index (χ1v) is 9.83. The van der Waals surface area contributed by atoms with Crippen LogP contribution in [0.25, 0.3) is 11.3 Å². The monoisotopic (exact) mass is 378 g/mol. The van der Waals surface area contributed by atoms with E-state index in [1.165, 1.54) is 30.5 Å². The van der Waals surface area contributed by atoms with E-state index in [1.54, 1.807) is 24.5 Å². The van der Waals surface area contributed by atoms with Crippen molar-refractivity contribution >= 4 is 5.82 Å². The highest BCUT2D eigenvalue weighted by molar-refractivity contribution is 5.72. The van der Waals surface area contributed by atoms with Crippen LogP contribution in [0.15, 0.2) is 49.1 Å². The van der Waals surface area contributed by atoms with E-state index in [0.29, 0.717) is 6.04 Å². The number of nitrogens with zero attached hydrogens (tertiary/aromatic N) is 6. The van der Waals surface area contributed by atoms with Crippen molar-refractivity contribution in [1.82, 2.24) is 24.6 Å². The molecule has 0 N–H and O–H groups in total. The fourth-order valence-corrected chi connectivity index (χ4v) is 3.75. The Morgan fingerprint density at radius 2 is 1.71 bits per heavy atom. The van der Waals surface area contributed by atoms with Crippen molar-refractivity contribution in [1.29, 1.82) is 0 Å². The molecule has 2 fully saturated rings. The summed E-state index contributed by atoms with van der Waals surface area (Å²) in [6, 6.07) is 7.08. The Morgan fingerprint density at radius 1 is 0.964 bits per heavy atom. The first-order valence-electron chi connectivity index (χ1n) is 9.83. The summed E-state index contributed by atoms with van der Waals surface area (Å²) >= 11 is 0. The molecule has 1 saturated heterocycles. The van der Waals surface area contributed by atoms with E-state index in [9.17, 15) is 4.39 Å². The average molecular weight is 378 g/mol. The molecule has 0 amide bonds. The van der Waals surface area contributed by atoms with Crippen LogP contribution < -0.4 is 4.90 Å². The minimum atomic E-state index is -0.243. The molecule has 1 aliphatic heterocycles. The molecule has 28 heavy (non-hydrogen) atoms. The van der Waals surface area contributed by atoms with Gasteiger partial charge >= 0.3 is 0 Å². The maximum atomic E-state index is 13.3. The van der Waals surface area contributed by atoms with Crippen molar-refractivity contribution < 1.29 is 4.39 Å². The van der Waals surface area contributed by atoms with Gasteiger partial charge in [-0.3, -0.25) is 14.6 Å². The summed E-state index contributed by atoms with van der Waals surface area (Å²) in [6.07, 6.45) is 10.1. The molecule has 3 aromatic rings. The van der Waals surface area contributed by atoms with Gasteiger partial charge in [0.1, 0.15) is 11.5 Å². The summed E-state index contributed by atoms with van der Waals surface area (Å²) in [6.45, 7) is 4.65. The standard InChI is InChI=1S/C21H23FN6/c22-18-3-1-17(2-4-18)20-21(24-8-7-23-20)27-11-9-26(10-12-27)14-16-13-25-28(15-16)19-5-6-19/h1-4,7-8,13,15,19H,5-6,9-12,14H2. The molecule has 7 heteroatoms. The lowest BCUT2D eigenvalue weighted by Gasteiger charge is -2.35. The second kappa shape index (κ2) is 7.31. The number of halogens is 1. The fraction of sp³-hybridized carbons (Fsp3) is 0.381. The van der Waals surface area contributed by atoms with Crippen LogP contribution in [0.1, 0.15) is 24.4 Å². The average Bonchev–Trinajstić information content (AvgIpc) is 3.49. The van der Waals surface area contributed by atoms with Gasteiger partial charge in [0.2, 0.25) is 0 Å². The Labute approximate surface area is 163 Å². The Morgan fingerprint density at radius 3 is 2.46 bits per heavy atom. The van der Waals surface area contributed by atoms with Crippen LogP contribution in [0, 0.1) is 5.82 Å². The summed E-state index contributed by atoms with van der Waals surface area (Å²) in [5.41, 5.74) is 2.98. The highest BCUT2D eigenvalue weighted by Gasteiger charge is 2.25. The quantitative estimate of drug-likeness (QED) is 0.683. The van der Waals surface area contributed by atoms with E-state index < -0.39 is 0 Å². The zero-order chi connectivity index (χ0) is 18.9. The van der Waals surface area contributed by atoms with Crippen molar-refractivity contribution in [2.45, 2.75) is 25.4 Å². The molecule has 1 aromatic carbocycles. The fourth-order valence-electron chi connectivity index (χ4n) is 3.75. The molecule has 144 valence electrons. The molecule has 2 aromatic heterocycles. The summed E-state index contributed by atoms with van der Waals surface area (Å²) in [5.74, 6) is 0.628. The zero-order valence-corrected chi connectivity index (χ0v) is 15.7. The van der Waals surface area contributed by atoms with Crippen LogP contribution in [0.5, 0.6) is 0 Å². The molecule has 6 nitrogen and oxygen atoms in total. The van der Waals surface area contributed by atoms with Crippen LogP contribution in [-0.2, 0) is 6.54 Å². The van der Waals surface area contributed by atoms with Crippen molar-refractivity contribution in [2.24, 2.45) is 0 Å². The van der Waals surface area contributed by atoms with Crippen LogP contribution in [0.3, 0.4) is 0 Å². The third kappa shape index (κ3) is 3.62. The van der Waals surface area contributed by atoms with Gasteiger partial charge in [-0.1, -0.05) is 0 Å². The van der Waals surface area contributed by atoms with Gasteiger partial charge in [-0.25, -0.2) is 9.37 Å². The second-order valence-electron chi connectivity index (χ2n) is 7.56. The van der Waals surface area contributed by atoms with E-state index in [2.05, 4.69) is 35.7 Å². The van der Waals surface area contributed by atoms with E-state index in [4.69, 9.17) is 0 Å². The lowest BCUT2D eigenvalue weighted by atomic mass is 10.1. The van der Waals surface area contributed by atoms with Crippen LogP contribution in [0.4, 0.5) is 10.2 Å². The van der Waals surface area contributed by atoms with Gasteiger partial charge in [0.05, 0.1) is 12.2 Å². The summed E-state index contributed by atoms with van der Waals surface area (Å²) in [5, 5.41) is 4.49. The van der Waals surface area contributed by atoms with Gasteiger partial charge in [0.25, 0.3) is 0 Å². The molecule has 1 aliphatic carbocycles. The van der Waals surface area contributed by atoms with E-state index in [-0.39, 0.29) is 5.82 Å². The predicted molar refractivity (Wildman–Crippen MR) is 105 cm³/mol. The smallest absolute Gasteiger partial charge is 0.155 e. The highest BCUT2D eigenvalue weighted by Crippen LogP contribution is 2.34. The van der Waals surface area contributed by atoms with Gasteiger partial charge in [-0.15, -0.1) is 0 Å². The SMILES string of the molecule is Fc1ccc(-c2nccnc2N2CCN(Cc3cnn(C4CC4)c3)CC2)cc1. The molecule has 5 rings (SSSR count). The first-order chi connectivity index (χ1) is 13.8.